The number of anilines is 1. The number of nitrogens with one attached hydrogen (secondary N) is 3. The number of nitrogens with zero attached hydrogens (tertiary/aromatic N) is 2. The summed E-state index contributed by atoms with van der Waals surface area (Å²) in [5.41, 5.74) is 2.37. The predicted molar refractivity (Wildman–Crippen MR) is 109 cm³/mol. The second-order valence-electron chi connectivity index (χ2n) is 7.23. The summed E-state index contributed by atoms with van der Waals surface area (Å²) in [6, 6.07) is 15.0. The molecule has 8 heteroatoms. The minimum atomic E-state index is -4.56. The van der Waals surface area contributed by atoms with Crippen LogP contribution in [0.3, 0.4) is 0 Å². The van der Waals surface area contributed by atoms with Gasteiger partial charge >= 0.3 is 6.18 Å². The Labute approximate surface area is 170 Å². The van der Waals surface area contributed by atoms with E-state index < -0.39 is 11.7 Å². The van der Waals surface area contributed by atoms with E-state index in [0.717, 1.165) is 29.4 Å². The van der Waals surface area contributed by atoms with Crippen molar-refractivity contribution in [3.63, 3.8) is 0 Å². The van der Waals surface area contributed by atoms with Gasteiger partial charge in [0.1, 0.15) is 5.56 Å². The maximum absolute atomic E-state index is 13.7. The lowest BCUT2D eigenvalue weighted by Gasteiger charge is -2.27. The van der Waals surface area contributed by atoms with Crippen molar-refractivity contribution < 1.29 is 13.2 Å². The van der Waals surface area contributed by atoms with Gasteiger partial charge in [0.2, 0.25) is 5.95 Å². The summed E-state index contributed by atoms with van der Waals surface area (Å²) in [4.78, 5) is 11.3. The van der Waals surface area contributed by atoms with Crippen LogP contribution in [-0.2, 0) is 12.7 Å². The van der Waals surface area contributed by atoms with E-state index in [1.54, 1.807) is 18.3 Å². The molecule has 0 amide bonds. The van der Waals surface area contributed by atoms with Gasteiger partial charge in [-0.3, -0.25) is 0 Å². The summed E-state index contributed by atoms with van der Waals surface area (Å²) in [7, 11) is 0. The minimum Gasteiger partial charge on any atom is -0.360 e. The Kier molecular flexibility index (Phi) is 4.43. The summed E-state index contributed by atoms with van der Waals surface area (Å²) in [6.07, 6.45) is -2.15. The van der Waals surface area contributed by atoms with Gasteiger partial charge in [-0.25, -0.2) is 9.97 Å². The van der Waals surface area contributed by atoms with E-state index in [9.17, 15) is 13.2 Å². The zero-order chi connectivity index (χ0) is 20.7. The molecule has 3 N–H and O–H groups in total. The predicted octanol–water partition coefficient (Wildman–Crippen LogP) is 4.90. The molecule has 0 radical (unpaired) electrons. The molecular weight excluding hydrogens is 391 g/mol. The van der Waals surface area contributed by atoms with Gasteiger partial charge < -0.3 is 15.6 Å². The molecular formula is C22H18F3N5. The van der Waals surface area contributed by atoms with E-state index >= 15 is 0 Å². The van der Waals surface area contributed by atoms with Gasteiger partial charge in [0, 0.05) is 41.9 Å². The number of aromatic amines is 1. The van der Waals surface area contributed by atoms with Crippen molar-refractivity contribution in [1.82, 2.24) is 20.3 Å². The highest BCUT2D eigenvalue weighted by atomic mass is 19.4. The molecule has 0 unspecified atom stereocenters. The zero-order valence-electron chi connectivity index (χ0n) is 15.8. The van der Waals surface area contributed by atoms with Gasteiger partial charge in [0.25, 0.3) is 0 Å². The van der Waals surface area contributed by atoms with E-state index in [4.69, 9.17) is 0 Å². The molecule has 1 aliphatic rings. The molecule has 3 heterocycles. The van der Waals surface area contributed by atoms with Crippen molar-refractivity contribution in [3.8, 4) is 11.3 Å². The smallest absolute Gasteiger partial charge is 0.360 e. The zero-order valence-corrected chi connectivity index (χ0v) is 15.8. The molecule has 0 spiro atoms. The Morgan fingerprint density at radius 1 is 1.03 bits per heavy atom. The van der Waals surface area contributed by atoms with Gasteiger partial charge in [-0.1, -0.05) is 42.5 Å². The number of aromatic nitrogens is 3. The van der Waals surface area contributed by atoms with Gasteiger partial charge in [-0.15, -0.1) is 0 Å². The monoisotopic (exact) mass is 409 g/mol. The van der Waals surface area contributed by atoms with Crippen LogP contribution < -0.4 is 10.6 Å². The Morgan fingerprint density at radius 2 is 1.83 bits per heavy atom. The van der Waals surface area contributed by atoms with Crippen LogP contribution in [0.1, 0.15) is 22.7 Å². The molecule has 1 aliphatic heterocycles. The number of halogens is 3. The lowest BCUT2D eigenvalue weighted by molar-refractivity contribution is -0.137. The van der Waals surface area contributed by atoms with Crippen molar-refractivity contribution in [2.75, 3.05) is 11.9 Å². The van der Waals surface area contributed by atoms with Crippen LogP contribution in [0.25, 0.3) is 22.2 Å². The highest BCUT2D eigenvalue weighted by Crippen LogP contribution is 2.39. The first kappa shape index (κ1) is 18.6. The number of alkyl halides is 3. The van der Waals surface area contributed by atoms with Crippen LogP contribution in [0.2, 0.25) is 0 Å². The molecule has 2 aromatic carbocycles. The standard InChI is InChI=1S/C22H18F3N5/c23-22(24,25)17-11-28-21(29-19-12-26-9-13-5-1-2-6-14(13)19)30-20(17)16-10-27-18-8-4-3-7-15(16)18/h1-8,10-11,19,26-27H,9,12H2,(H,28,29,30)/t19-/m1/s1. The third kappa shape index (κ3) is 3.29. The second-order valence-corrected chi connectivity index (χ2v) is 7.23. The average Bonchev–Trinajstić information content (AvgIpc) is 3.17. The van der Waals surface area contributed by atoms with Crippen LogP contribution in [-0.4, -0.2) is 21.5 Å². The molecule has 5 rings (SSSR count). The van der Waals surface area contributed by atoms with Crippen LogP contribution in [0.4, 0.5) is 19.1 Å². The van der Waals surface area contributed by atoms with E-state index in [2.05, 4.69) is 25.6 Å². The lowest BCUT2D eigenvalue weighted by atomic mass is 9.97. The SMILES string of the molecule is FC(F)(F)c1cnc(N[C@@H]2CNCc3ccccc32)nc1-c1c[nH]c2ccccc12. The Bertz CT molecular complexity index is 1210. The fourth-order valence-corrected chi connectivity index (χ4v) is 3.91. The largest absolute Gasteiger partial charge is 0.419 e. The summed E-state index contributed by atoms with van der Waals surface area (Å²) in [5, 5.41) is 7.19. The summed E-state index contributed by atoms with van der Waals surface area (Å²) in [6.45, 7) is 1.38. The number of hydrogen-bond donors (Lipinski definition) is 3. The van der Waals surface area contributed by atoms with Crippen LogP contribution in [0.5, 0.6) is 0 Å². The molecule has 0 fully saturated rings. The quantitative estimate of drug-likeness (QED) is 0.450. The maximum atomic E-state index is 13.7. The maximum Gasteiger partial charge on any atom is 0.419 e. The normalized spacial score (nSPS) is 16.4. The van der Waals surface area contributed by atoms with Crippen molar-refractivity contribution in [2.24, 2.45) is 0 Å². The number of H-pyrrole nitrogens is 1. The molecule has 0 saturated carbocycles. The van der Waals surface area contributed by atoms with E-state index in [1.165, 1.54) is 0 Å². The first-order valence-electron chi connectivity index (χ1n) is 9.56. The van der Waals surface area contributed by atoms with Gasteiger partial charge in [-0.05, 0) is 17.2 Å². The number of hydrogen-bond acceptors (Lipinski definition) is 4. The molecule has 30 heavy (non-hydrogen) atoms. The fourth-order valence-electron chi connectivity index (χ4n) is 3.91. The highest BCUT2D eigenvalue weighted by Gasteiger charge is 2.36. The summed E-state index contributed by atoms with van der Waals surface area (Å²) >= 11 is 0. The third-order valence-corrected chi connectivity index (χ3v) is 5.34. The molecule has 0 bridgehead atoms. The number of fused-ring (bicyclic) bond motifs is 2. The molecule has 1 atom stereocenters. The molecule has 152 valence electrons. The van der Waals surface area contributed by atoms with E-state index in [1.807, 2.05) is 36.4 Å². The second kappa shape index (κ2) is 7.14. The van der Waals surface area contributed by atoms with Crippen LogP contribution >= 0.6 is 0 Å². The van der Waals surface area contributed by atoms with Crippen molar-refractivity contribution in [2.45, 2.75) is 18.8 Å². The Hall–Kier alpha value is -3.39. The molecule has 5 nitrogen and oxygen atoms in total. The molecule has 4 aromatic rings. The number of rotatable bonds is 3. The third-order valence-electron chi connectivity index (χ3n) is 5.34. The summed E-state index contributed by atoms with van der Waals surface area (Å²) in [5.74, 6) is 0.159. The first-order valence-corrected chi connectivity index (χ1v) is 9.56. The van der Waals surface area contributed by atoms with Gasteiger partial charge in [0.15, 0.2) is 0 Å². The van der Waals surface area contributed by atoms with Crippen molar-refractivity contribution >= 4 is 16.9 Å². The molecule has 0 saturated heterocycles. The van der Waals surface area contributed by atoms with Crippen LogP contribution in [0.15, 0.2) is 60.9 Å². The number of benzene rings is 2. The van der Waals surface area contributed by atoms with Gasteiger partial charge in [0.05, 0.1) is 11.7 Å². The Morgan fingerprint density at radius 3 is 2.70 bits per heavy atom. The van der Waals surface area contributed by atoms with E-state index in [0.29, 0.717) is 17.5 Å². The van der Waals surface area contributed by atoms with Crippen molar-refractivity contribution in [3.05, 3.63) is 77.6 Å². The van der Waals surface area contributed by atoms with Gasteiger partial charge in [-0.2, -0.15) is 13.2 Å². The fraction of sp³-hybridized carbons (Fsp3) is 0.182. The van der Waals surface area contributed by atoms with Crippen molar-refractivity contribution in [1.29, 1.82) is 0 Å². The topological polar surface area (TPSA) is 65.6 Å². The van der Waals surface area contributed by atoms with Crippen LogP contribution in [0, 0.1) is 0 Å². The average molecular weight is 409 g/mol. The molecule has 2 aromatic heterocycles. The summed E-state index contributed by atoms with van der Waals surface area (Å²) < 4.78 is 41.1. The first-order chi connectivity index (χ1) is 14.5. The highest BCUT2D eigenvalue weighted by molar-refractivity contribution is 5.95. The lowest BCUT2D eigenvalue weighted by Crippen LogP contribution is -2.32. The Balaban J connectivity index is 1.58. The minimum absolute atomic E-state index is 0.137. The van der Waals surface area contributed by atoms with E-state index in [-0.39, 0.29) is 17.7 Å². The number of para-hydroxylation sites is 1. The molecule has 0 aliphatic carbocycles.